The molecule has 1 fully saturated rings. The molecule has 118 valence electrons. The van der Waals surface area contributed by atoms with E-state index < -0.39 is 42.3 Å². The summed E-state index contributed by atoms with van der Waals surface area (Å²) in [5, 5.41) is 20.0. The third-order valence-corrected chi connectivity index (χ3v) is 3.39. The fourth-order valence-corrected chi connectivity index (χ4v) is 2.45. The molecule has 0 aromatic carbocycles. The molecule has 1 saturated heterocycles. The molecular formula is C15H22O6. The summed E-state index contributed by atoms with van der Waals surface area (Å²) in [5.41, 5.74) is 0. The number of aliphatic hydroxyl groups is 2. The number of cyclic esters (lactones) is 1. The lowest BCUT2D eigenvalue weighted by molar-refractivity contribution is -0.158. The zero-order chi connectivity index (χ0) is 15.6. The molecule has 0 amide bonds. The van der Waals surface area contributed by atoms with Gasteiger partial charge in [0.05, 0.1) is 6.10 Å². The Labute approximate surface area is 124 Å². The van der Waals surface area contributed by atoms with Gasteiger partial charge in [-0.2, -0.15) is 0 Å². The van der Waals surface area contributed by atoms with E-state index in [9.17, 15) is 15.0 Å². The topological polar surface area (TPSA) is 85.2 Å². The normalized spacial score (nSPS) is 34.9. The third-order valence-electron chi connectivity index (χ3n) is 3.39. The van der Waals surface area contributed by atoms with E-state index in [1.807, 2.05) is 0 Å². The van der Waals surface area contributed by atoms with Crippen LogP contribution in [-0.4, -0.2) is 52.5 Å². The Hall–Kier alpha value is -1.21. The Morgan fingerprint density at radius 2 is 2.00 bits per heavy atom. The van der Waals surface area contributed by atoms with Crippen molar-refractivity contribution in [3.05, 3.63) is 24.3 Å². The number of hydrogen-bond donors (Lipinski definition) is 2. The minimum absolute atomic E-state index is 0.391. The van der Waals surface area contributed by atoms with Gasteiger partial charge in [0.2, 0.25) is 0 Å². The van der Waals surface area contributed by atoms with Gasteiger partial charge in [0.1, 0.15) is 24.4 Å². The number of aliphatic hydroxyl groups excluding tert-OH is 2. The standard InChI is InChI=1S/C15H22O6/c1-9(16)13-14(21-15(2,3)20-13)11(17)8-7-10-5-4-6-12(18)19-10/h4,6-11,13-14,16-17H,5H2,1-3H3/b8-7-/t9-,10+,11+,13-,14+/m0/s1. The van der Waals surface area contributed by atoms with Crippen molar-refractivity contribution >= 4 is 5.97 Å². The second kappa shape index (κ2) is 6.27. The maximum Gasteiger partial charge on any atom is 0.331 e. The molecule has 0 aromatic rings. The van der Waals surface area contributed by atoms with Gasteiger partial charge in [-0.3, -0.25) is 0 Å². The number of esters is 1. The molecular weight excluding hydrogens is 276 g/mol. The lowest BCUT2D eigenvalue weighted by Gasteiger charge is -2.22. The van der Waals surface area contributed by atoms with Crippen molar-refractivity contribution < 1.29 is 29.2 Å². The minimum Gasteiger partial charge on any atom is -0.455 e. The van der Waals surface area contributed by atoms with Crippen LogP contribution in [-0.2, 0) is 19.0 Å². The zero-order valence-electron chi connectivity index (χ0n) is 12.4. The van der Waals surface area contributed by atoms with Crippen LogP contribution in [0.4, 0.5) is 0 Å². The van der Waals surface area contributed by atoms with Crippen LogP contribution in [0.25, 0.3) is 0 Å². The maximum absolute atomic E-state index is 11.1. The maximum atomic E-state index is 11.1. The van der Waals surface area contributed by atoms with Gasteiger partial charge in [-0.15, -0.1) is 0 Å². The summed E-state index contributed by atoms with van der Waals surface area (Å²) in [4.78, 5) is 11.1. The van der Waals surface area contributed by atoms with Crippen LogP contribution in [0.15, 0.2) is 24.3 Å². The summed E-state index contributed by atoms with van der Waals surface area (Å²) in [5.74, 6) is -1.25. The van der Waals surface area contributed by atoms with Crippen molar-refractivity contribution in [1.82, 2.24) is 0 Å². The van der Waals surface area contributed by atoms with Crippen molar-refractivity contribution in [2.45, 2.75) is 63.5 Å². The molecule has 2 N–H and O–H groups in total. The van der Waals surface area contributed by atoms with Gasteiger partial charge >= 0.3 is 5.97 Å². The molecule has 0 aliphatic carbocycles. The fourth-order valence-electron chi connectivity index (χ4n) is 2.45. The molecule has 0 unspecified atom stereocenters. The van der Waals surface area contributed by atoms with Gasteiger partial charge in [-0.25, -0.2) is 4.79 Å². The Kier molecular flexibility index (Phi) is 4.83. The van der Waals surface area contributed by atoms with Gasteiger partial charge in [-0.1, -0.05) is 12.2 Å². The molecule has 0 spiro atoms. The van der Waals surface area contributed by atoms with Crippen molar-refractivity contribution in [3.8, 4) is 0 Å². The van der Waals surface area contributed by atoms with Crippen LogP contribution >= 0.6 is 0 Å². The van der Waals surface area contributed by atoms with Gasteiger partial charge in [0, 0.05) is 12.5 Å². The van der Waals surface area contributed by atoms with Crippen LogP contribution in [0.3, 0.4) is 0 Å². The first-order valence-corrected chi connectivity index (χ1v) is 7.06. The van der Waals surface area contributed by atoms with Crippen molar-refractivity contribution in [3.63, 3.8) is 0 Å². The first-order valence-electron chi connectivity index (χ1n) is 7.06. The van der Waals surface area contributed by atoms with Crippen LogP contribution in [0.5, 0.6) is 0 Å². The molecule has 0 bridgehead atoms. The summed E-state index contributed by atoms with van der Waals surface area (Å²) in [7, 11) is 0. The molecule has 2 rings (SSSR count). The SMILES string of the molecule is C[C@H](O)[C@@H]1OC(C)(C)O[C@@H]1[C@H](O)/C=C\[C@H]1CC=CC(=O)O1. The van der Waals surface area contributed by atoms with Crippen LogP contribution in [0.2, 0.25) is 0 Å². The number of rotatable bonds is 4. The first kappa shape index (κ1) is 16.2. The average Bonchev–Trinajstić information content (AvgIpc) is 2.72. The highest BCUT2D eigenvalue weighted by atomic mass is 16.8. The molecule has 6 nitrogen and oxygen atoms in total. The number of ether oxygens (including phenoxy) is 3. The van der Waals surface area contributed by atoms with E-state index in [-0.39, 0.29) is 0 Å². The van der Waals surface area contributed by atoms with Gasteiger partial charge in [0.25, 0.3) is 0 Å². The molecule has 2 heterocycles. The summed E-state index contributed by atoms with van der Waals surface area (Å²) >= 11 is 0. The van der Waals surface area contributed by atoms with E-state index in [0.29, 0.717) is 6.42 Å². The minimum atomic E-state index is -0.962. The molecule has 2 aliphatic heterocycles. The van der Waals surface area contributed by atoms with E-state index in [4.69, 9.17) is 14.2 Å². The van der Waals surface area contributed by atoms with Crippen LogP contribution in [0.1, 0.15) is 27.2 Å². The van der Waals surface area contributed by atoms with Crippen molar-refractivity contribution in [2.24, 2.45) is 0 Å². The van der Waals surface area contributed by atoms with Crippen LogP contribution in [0, 0.1) is 0 Å². The smallest absolute Gasteiger partial charge is 0.331 e. The summed E-state index contributed by atoms with van der Waals surface area (Å²) in [6.07, 6.45) is 3.40. The lowest BCUT2D eigenvalue weighted by atomic mass is 10.0. The number of carbonyl (C=O) groups excluding carboxylic acids is 1. The largest absolute Gasteiger partial charge is 0.455 e. The molecule has 0 radical (unpaired) electrons. The van der Waals surface area contributed by atoms with E-state index >= 15 is 0 Å². The second-order valence-corrected chi connectivity index (χ2v) is 5.79. The Balaban J connectivity index is 2.00. The van der Waals surface area contributed by atoms with Gasteiger partial charge in [-0.05, 0) is 26.8 Å². The van der Waals surface area contributed by atoms with Gasteiger partial charge in [0.15, 0.2) is 5.79 Å². The highest BCUT2D eigenvalue weighted by Gasteiger charge is 2.46. The average molecular weight is 298 g/mol. The van der Waals surface area contributed by atoms with Crippen molar-refractivity contribution in [1.29, 1.82) is 0 Å². The van der Waals surface area contributed by atoms with E-state index in [2.05, 4.69) is 0 Å². The van der Waals surface area contributed by atoms with Gasteiger partial charge < -0.3 is 24.4 Å². The quantitative estimate of drug-likeness (QED) is 0.586. The molecule has 0 saturated carbocycles. The number of carbonyl (C=O) groups is 1. The zero-order valence-corrected chi connectivity index (χ0v) is 12.4. The Bertz CT molecular complexity index is 439. The molecule has 6 heteroatoms. The van der Waals surface area contributed by atoms with E-state index in [1.54, 1.807) is 32.9 Å². The second-order valence-electron chi connectivity index (χ2n) is 5.79. The van der Waals surface area contributed by atoms with E-state index in [1.165, 1.54) is 12.2 Å². The molecule has 5 atom stereocenters. The lowest BCUT2D eigenvalue weighted by Crippen LogP contribution is -2.40. The predicted octanol–water partition coefficient (Wildman–Crippen LogP) is 0.676. The predicted molar refractivity (Wildman–Crippen MR) is 74.3 cm³/mol. The Morgan fingerprint density at radius 1 is 1.33 bits per heavy atom. The molecule has 2 aliphatic rings. The fraction of sp³-hybridized carbons (Fsp3) is 0.667. The number of hydrogen-bond acceptors (Lipinski definition) is 6. The third kappa shape index (κ3) is 4.14. The molecule has 0 aromatic heterocycles. The highest BCUT2D eigenvalue weighted by molar-refractivity contribution is 5.82. The summed E-state index contributed by atoms with van der Waals surface area (Å²) in [6, 6.07) is 0. The van der Waals surface area contributed by atoms with Crippen molar-refractivity contribution in [2.75, 3.05) is 0 Å². The van der Waals surface area contributed by atoms with Crippen LogP contribution < -0.4 is 0 Å². The monoisotopic (exact) mass is 298 g/mol. The molecule has 21 heavy (non-hydrogen) atoms. The summed E-state index contributed by atoms with van der Waals surface area (Å²) in [6.45, 7) is 5.05. The first-order chi connectivity index (χ1) is 9.78. The highest BCUT2D eigenvalue weighted by Crippen LogP contribution is 2.32. The summed E-state index contributed by atoms with van der Waals surface area (Å²) < 4.78 is 16.3. The Morgan fingerprint density at radius 3 is 2.62 bits per heavy atom. The van der Waals surface area contributed by atoms with E-state index in [0.717, 1.165) is 0 Å².